The van der Waals surface area contributed by atoms with Gasteiger partial charge in [0.1, 0.15) is 22.9 Å². The summed E-state index contributed by atoms with van der Waals surface area (Å²) in [5, 5.41) is 5.87. The van der Waals surface area contributed by atoms with Crippen molar-refractivity contribution in [1.82, 2.24) is 5.32 Å². The molecule has 0 saturated carbocycles. The van der Waals surface area contributed by atoms with Crippen LogP contribution in [0.4, 0.5) is 0 Å². The van der Waals surface area contributed by atoms with Gasteiger partial charge < -0.3 is 24.0 Å². The van der Waals surface area contributed by atoms with Crippen molar-refractivity contribution in [3.8, 4) is 5.75 Å². The summed E-state index contributed by atoms with van der Waals surface area (Å²) >= 11 is 5.89. The lowest BCUT2D eigenvalue weighted by Crippen LogP contribution is -2.67. The lowest BCUT2D eigenvalue weighted by molar-refractivity contribution is -0.0608. The summed E-state index contributed by atoms with van der Waals surface area (Å²) in [6, 6.07) is 37.5. The number of thiocarbonyl (C=S) groups is 1. The van der Waals surface area contributed by atoms with E-state index >= 15 is 0 Å². The van der Waals surface area contributed by atoms with E-state index in [2.05, 4.69) is 118 Å². The van der Waals surface area contributed by atoms with Gasteiger partial charge in [-0.15, -0.1) is 0 Å². The van der Waals surface area contributed by atoms with Gasteiger partial charge >= 0.3 is 0 Å². The maximum Gasteiger partial charge on any atom is 0.261 e. The van der Waals surface area contributed by atoms with Crippen LogP contribution in [0.15, 0.2) is 109 Å². The van der Waals surface area contributed by atoms with E-state index in [1.807, 2.05) is 24.3 Å². The van der Waals surface area contributed by atoms with Crippen molar-refractivity contribution in [2.75, 3.05) is 13.7 Å². The van der Waals surface area contributed by atoms with Gasteiger partial charge in [0.25, 0.3) is 8.32 Å². The molecule has 0 bridgehead atoms. The third-order valence-corrected chi connectivity index (χ3v) is 13.6. The molecule has 3 atom stereocenters. The number of hydrogen-bond acceptors (Lipinski definition) is 5. The second-order valence-corrected chi connectivity index (χ2v) is 17.2. The Hall–Kier alpha value is -3.33. The molecule has 4 aromatic rings. The summed E-state index contributed by atoms with van der Waals surface area (Å²) < 4.78 is 25.8. The van der Waals surface area contributed by atoms with Crippen LogP contribution in [0.3, 0.4) is 0 Å². The molecule has 5 rings (SSSR count). The second-order valence-electron chi connectivity index (χ2n) is 12.4. The lowest BCUT2D eigenvalue weighted by atomic mass is 10.1. The Morgan fingerprint density at radius 2 is 1.36 bits per heavy atom. The Labute approximate surface area is 268 Å². The number of rotatable bonds is 12. The fourth-order valence-corrected chi connectivity index (χ4v) is 11.0. The van der Waals surface area contributed by atoms with Crippen LogP contribution in [-0.4, -0.2) is 45.3 Å². The molecular formula is C37H43NO4SSi. The van der Waals surface area contributed by atoms with Gasteiger partial charge in [-0.05, 0) is 45.6 Å². The molecule has 0 amide bonds. The Bertz CT molecular complexity index is 1470. The highest BCUT2D eigenvalue weighted by Crippen LogP contribution is 2.37. The molecule has 1 saturated heterocycles. The van der Waals surface area contributed by atoms with Crippen molar-refractivity contribution < 1.29 is 18.6 Å². The van der Waals surface area contributed by atoms with Crippen LogP contribution in [0.1, 0.15) is 37.5 Å². The van der Waals surface area contributed by atoms with Crippen molar-refractivity contribution in [2.45, 2.75) is 64.2 Å². The summed E-state index contributed by atoms with van der Waals surface area (Å²) in [6.07, 6.45) is -0.746. The van der Waals surface area contributed by atoms with Gasteiger partial charge in [-0.1, -0.05) is 136 Å². The maximum absolute atomic E-state index is 7.30. The molecule has 0 aliphatic carbocycles. The molecule has 1 aliphatic rings. The van der Waals surface area contributed by atoms with Crippen LogP contribution in [-0.2, 0) is 27.1 Å². The minimum atomic E-state index is -2.76. The first-order valence-electron chi connectivity index (χ1n) is 15.2. The molecule has 0 aromatic heterocycles. The highest BCUT2D eigenvalue weighted by molar-refractivity contribution is 7.80. The van der Waals surface area contributed by atoms with Crippen molar-refractivity contribution in [2.24, 2.45) is 0 Å². The van der Waals surface area contributed by atoms with E-state index in [4.69, 9.17) is 30.9 Å². The first kappa shape index (κ1) is 32.1. The van der Waals surface area contributed by atoms with E-state index in [1.165, 1.54) is 15.9 Å². The molecule has 5 nitrogen and oxygen atoms in total. The van der Waals surface area contributed by atoms with Gasteiger partial charge in [0.05, 0.1) is 33.0 Å². The third-order valence-electron chi connectivity index (χ3n) is 8.29. The molecular weight excluding hydrogens is 583 g/mol. The maximum atomic E-state index is 7.30. The van der Waals surface area contributed by atoms with Crippen LogP contribution in [0, 0.1) is 6.92 Å². The summed E-state index contributed by atoms with van der Waals surface area (Å²) in [6.45, 7) is 10.2. The van der Waals surface area contributed by atoms with Gasteiger partial charge in [0, 0.05) is 0 Å². The normalized spacial score (nSPS) is 18.7. The number of hydrogen-bond donors (Lipinski definition) is 1. The summed E-state index contributed by atoms with van der Waals surface area (Å²) in [4.78, 5) is 0.647. The molecule has 4 aromatic carbocycles. The SMILES string of the molecule is COc1ccc(COC2C(CO[Si](c3ccccc3)(c3ccccc3)C(C)(C)C)NC(=S)C2OCc2cccc(C)c2)cc1. The van der Waals surface area contributed by atoms with E-state index in [-0.39, 0.29) is 17.2 Å². The minimum Gasteiger partial charge on any atom is -0.497 e. The highest BCUT2D eigenvalue weighted by atomic mass is 32.1. The summed E-state index contributed by atoms with van der Waals surface area (Å²) in [5.74, 6) is 0.813. The first-order valence-corrected chi connectivity index (χ1v) is 17.5. The van der Waals surface area contributed by atoms with Crippen molar-refractivity contribution >= 4 is 35.9 Å². The van der Waals surface area contributed by atoms with Crippen molar-refractivity contribution in [3.63, 3.8) is 0 Å². The lowest BCUT2D eigenvalue weighted by Gasteiger charge is -2.43. The van der Waals surface area contributed by atoms with Gasteiger partial charge in [-0.2, -0.15) is 0 Å². The molecule has 1 aliphatic heterocycles. The standard InChI is InChI=1S/C37H43NO4SSi/c1-27-13-12-14-29(23-27)25-41-35-34(40-24-28-19-21-30(39-5)22-20-28)33(38-36(35)43)26-42-44(37(2,3)4,31-15-8-6-9-16-31)32-17-10-7-11-18-32/h6-23,33-35H,24-26H2,1-5H3,(H,38,43). The predicted molar refractivity (Wildman–Crippen MR) is 184 cm³/mol. The summed E-state index contributed by atoms with van der Waals surface area (Å²) in [5.41, 5.74) is 3.35. The molecule has 44 heavy (non-hydrogen) atoms. The summed E-state index contributed by atoms with van der Waals surface area (Å²) in [7, 11) is -1.09. The zero-order valence-electron chi connectivity index (χ0n) is 26.3. The highest BCUT2D eigenvalue weighted by Gasteiger charge is 2.52. The van der Waals surface area contributed by atoms with E-state index < -0.39 is 14.4 Å². The topological polar surface area (TPSA) is 49.0 Å². The second kappa shape index (κ2) is 14.2. The third kappa shape index (κ3) is 7.14. The van der Waals surface area contributed by atoms with E-state index in [0.29, 0.717) is 24.8 Å². The Kier molecular flexibility index (Phi) is 10.3. The number of methoxy groups -OCH3 is 1. The van der Waals surface area contributed by atoms with Crippen LogP contribution < -0.4 is 20.4 Å². The molecule has 0 spiro atoms. The van der Waals surface area contributed by atoms with Crippen molar-refractivity contribution in [1.29, 1.82) is 0 Å². The fraction of sp³-hybridized carbons (Fsp3) is 0.324. The minimum absolute atomic E-state index is 0.144. The van der Waals surface area contributed by atoms with Crippen molar-refractivity contribution in [3.05, 3.63) is 126 Å². The fourth-order valence-electron chi connectivity index (χ4n) is 6.10. The van der Waals surface area contributed by atoms with Gasteiger partial charge in [0.2, 0.25) is 0 Å². The Morgan fingerprint density at radius 1 is 0.750 bits per heavy atom. The molecule has 1 N–H and O–H groups in total. The number of benzene rings is 4. The first-order chi connectivity index (χ1) is 21.2. The van der Waals surface area contributed by atoms with E-state index in [9.17, 15) is 0 Å². The predicted octanol–water partition coefficient (Wildman–Crippen LogP) is 6.35. The largest absolute Gasteiger partial charge is 0.497 e. The van der Waals surface area contributed by atoms with Crippen LogP contribution in [0.25, 0.3) is 0 Å². The molecule has 3 unspecified atom stereocenters. The van der Waals surface area contributed by atoms with Gasteiger partial charge in [-0.3, -0.25) is 0 Å². The van der Waals surface area contributed by atoms with Crippen LogP contribution >= 0.6 is 12.2 Å². The zero-order valence-corrected chi connectivity index (χ0v) is 28.1. The molecule has 7 heteroatoms. The van der Waals surface area contributed by atoms with Gasteiger partial charge in [0.15, 0.2) is 0 Å². The number of aryl methyl sites for hydroxylation is 1. The van der Waals surface area contributed by atoms with Gasteiger partial charge in [-0.25, -0.2) is 0 Å². The number of nitrogens with one attached hydrogen (secondary N) is 1. The quantitative estimate of drug-likeness (QED) is 0.146. The zero-order chi connectivity index (χ0) is 31.2. The average Bonchev–Trinajstić information content (AvgIpc) is 3.33. The molecule has 1 fully saturated rings. The molecule has 1 heterocycles. The van der Waals surface area contributed by atoms with E-state index in [0.717, 1.165) is 16.9 Å². The number of ether oxygens (including phenoxy) is 3. The van der Waals surface area contributed by atoms with Crippen LogP contribution in [0.5, 0.6) is 5.75 Å². The average molecular weight is 626 g/mol. The molecule has 0 radical (unpaired) electrons. The molecule has 230 valence electrons. The smallest absolute Gasteiger partial charge is 0.261 e. The van der Waals surface area contributed by atoms with E-state index in [1.54, 1.807) is 7.11 Å². The Morgan fingerprint density at radius 3 is 1.93 bits per heavy atom. The Balaban J connectivity index is 1.43. The van der Waals surface area contributed by atoms with Crippen LogP contribution in [0.2, 0.25) is 5.04 Å². The monoisotopic (exact) mass is 625 g/mol.